The number of hydrogen-bond acceptors (Lipinski definition) is 5. The Bertz CT molecular complexity index is 1250. The minimum atomic E-state index is -4.77. The van der Waals surface area contributed by atoms with E-state index in [0.717, 1.165) is 15.4 Å². The summed E-state index contributed by atoms with van der Waals surface area (Å²) in [6.07, 6.45) is -4.07. The van der Waals surface area contributed by atoms with E-state index >= 15 is 0 Å². The van der Waals surface area contributed by atoms with Crippen molar-refractivity contribution < 1.29 is 26.4 Å². The molecule has 1 fully saturated rings. The van der Waals surface area contributed by atoms with Crippen molar-refractivity contribution in [1.82, 2.24) is 9.29 Å². The van der Waals surface area contributed by atoms with E-state index in [9.17, 15) is 26.4 Å². The lowest BCUT2D eigenvalue weighted by Crippen LogP contribution is -2.42. The van der Waals surface area contributed by atoms with Crippen molar-refractivity contribution in [1.29, 1.82) is 0 Å². The van der Waals surface area contributed by atoms with Gasteiger partial charge in [-0.15, -0.1) is 11.3 Å². The number of halogens is 3. The third-order valence-corrected chi connectivity index (χ3v) is 8.41. The molecule has 1 amide bonds. The molecule has 0 spiro atoms. The van der Waals surface area contributed by atoms with E-state index in [4.69, 9.17) is 0 Å². The van der Waals surface area contributed by atoms with Gasteiger partial charge in [0.2, 0.25) is 10.0 Å². The van der Waals surface area contributed by atoms with E-state index < -0.39 is 22.0 Å². The molecule has 3 aromatic rings. The van der Waals surface area contributed by atoms with Crippen molar-refractivity contribution in [3.8, 4) is 11.1 Å². The molecule has 0 atom stereocenters. The molecule has 34 heavy (non-hydrogen) atoms. The molecule has 2 heterocycles. The van der Waals surface area contributed by atoms with Crippen LogP contribution in [0.2, 0.25) is 0 Å². The summed E-state index contributed by atoms with van der Waals surface area (Å²) in [7, 11) is -4.39. The van der Waals surface area contributed by atoms with Gasteiger partial charge in [0, 0.05) is 35.6 Å². The molecule has 1 aromatic heterocycles. The van der Waals surface area contributed by atoms with E-state index in [2.05, 4.69) is 10.3 Å². The number of anilines is 1. The average Bonchev–Trinajstić information content (AvgIpc) is 3.29. The third-order valence-electron chi connectivity index (χ3n) is 5.56. The summed E-state index contributed by atoms with van der Waals surface area (Å²) < 4.78 is 62.5. The predicted molar refractivity (Wildman–Crippen MR) is 125 cm³/mol. The Balaban J connectivity index is 1.41. The van der Waals surface area contributed by atoms with Gasteiger partial charge in [0.05, 0.1) is 5.01 Å². The molecule has 4 rings (SSSR count). The first-order chi connectivity index (χ1) is 16.1. The SMILES string of the molecule is O=C(Nc1ccccc1-c1ccccc1)c1csc(C2CCN(S(=O)(=O)CC(F)(F)F)CC2)n1. The van der Waals surface area contributed by atoms with Crippen molar-refractivity contribution in [3.05, 3.63) is 70.7 Å². The highest BCUT2D eigenvalue weighted by atomic mass is 32.2. The molecule has 0 aliphatic carbocycles. The van der Waals surface area contributed by atoms with Gasteiger partial charge in [0.15, 0.2) is 5.75 Å². The summed E-state index contributed by atoms with van der Waals surface area (Å²) >= 11 is 1.29. The van der Waals surface area contributed by atoms with Crippen LogP contribution in [-0.4, -0.2) is 48.6 Å². The van der Waals surface area contributed by atoms with E-state index in [-0.39, 0.29) is 30.6 Å². The average molecular weight is 510 g/mol. The number of sulfonamides is 1. The number of para-hydroxylation sites is 1. The van der Waals surface area contributed by atoms with Crippen LogP contribution in [0.3, 0.4) is 0 Å². The van der Waals surface area contributed by atoms with Gasteiger partial charge < -0.3 is 5.32 Å². The standard InChI is InChI=1S/C23H22F3N3O3S2/c24-23(25,26)15-34(31,32)29-12-10-17(11-13-29)22-28-20(14-33-22)21(30)27-19-9-5-4-8-18(19)16-6-2-1-3-7-16/h1-9,14,17H,10-13,15H2,(H,27,30). The summed E-state index contributed by atoms with van der Waals surface area (Å²) in [5, 5.41) is 5.22. The highest BCUT2D eigenvalue weighted by Gasteiger charge is 2.39. The number of nitrogens with zero attached hydrogens (tertiary/aromatic N) is 2. The molecule has 1 N–H and O–H groups in total. The third kappa shape index (κ3) is 5.83. The predicted octanol–water partition coefficient (Wildman–Crippen LogP) is 5.13. The van der Waals surface area contributed by atoms with Crippen LogP contribution in [0.5, 0.6) is 0 Å². The highest BCUT2D eigenvalue weighted by molar-refractivity contribution is 7.89. The maximum Gasteiger partial charge on any atom is 0.404 e. The lowest BCUT2D eigenvalue weighted by Gasteiger charge is -2.30. The summed E-state index contributed by atoms with van der Waals surface area (Å²) in [4.78, 5) is 17.3. The molecule has 11 heteroatoms. The smallest absolute Gasteiger partial charge is 0.320 e. The minimum absolute atomic E-state index is 0.00532. The Morgan fingerprint density at radius 3 is 2.38 bits per heavy atom. The topological polar surface area (TPSA) is 79.4 Å². The van der Waals surface area contributed by atoms with Gasteiger partial charge in [0.1, 0.15) is 5.69 Å². The fourth-order valence-corrected chi connectivity index (χ4v) is 6.24. The molecule has 0 unspecified atom stereocenters. The maximum atomic E-state index is 12.8. The Morgan fingerprint density at radius 2 is 1.71 bits per heavy atom. The van der Waals surface area contributed by atoms with Crippen molar-refractivity contribution in [2.45, 2.75) is 24.9 Å². The number of carbonyl (C=O) groups excluding carboxylic acids is 1. The molecule has 0 radical (unpaired) electrons. The fourth-order valence-electron chi connectivity index (χ4n) is 3.91. The molecular formula is C23H22F3N3O3S2. The van der Waals surface area contributed by atoms with Crippen LogP contribution in [0.25, 0.3) is 11.1 Å². The van der Waals surface area contributed by atoms with E-state index in [1.807, 2.05) is 54.6 Å². The highest BCUT2D eigenvalue weighted by Crippen LogP contribution is 2.33. The zero-order valence-corrected chi connectivity index (χ0v) is 19.6. The van der Waals surface area contributed by atoms with Gasteiger partial charge in [0.25, 0.3) is 5.91 Å². The Hall–Kier alpha value is -2.76. The van der Waals surface area contributed by atoms with Gasteiger partial charge >= 0.3 is 6.18 Å². The normalized spacial score (nSPS) is 15.9. The van der Waals surface area contributed by atoms with Crippen LogP contribution in [0, 0.1) is 0 Å². The number of piperidine rings is 1. The summed E-state index contributed by atoms with van der Waals surface area (Å²) in [6, 6.07) is 17.1. The number of nitrogens with one attached hydrogen (secondary N) is 1. The first kappa shape index (κ1) is 24.4. The van der Waals surface area contributed by atoms with Gasteiger partial charge in [-0.1, -0.05) is 48.5 Å². The van der Waals surface area contributed by atoms with Gasteiger partial charge in [-0.25, -0.2) is 17.7 Å². The van der Waals surface area contributed by atoms with Crippen molar-refractivity contribution in [3.63, 3.8) is 0 Å². The van der Waals surface area contributed by atoms with Crippen molar-refractivity contribution >= 4 is 33.0 Å². The van der Waals surface area contributed by atoms with E-state index in [0.29, 0.717) is 23.5 Å². The number of benzene rings is 2. The Labute approximate surface area is 199 Å². The molecule has 1 aliphatic rings. The van der Waals surface area contributed by atoms with Crippen molar-refractivity contribution in [2.24, 2.45) is 0 Å². The van der Waals surface area contributed by atoms with Gasteiger partial charge in [-0.3, -0.25) is 4.79 Å². The molecule has 1 aliphatic heterocycles. The number of aromatic nitrogens is 1. The van der Waals surface area contributed by atoms with E-state index in [1.54, 1.807) is 5.38 Å². The number of carbonyl (C=O) groups is 1. The first-order valence-corrected chi connectivity index (χ1v) is 13.1. The number of rotatable bonds is 6. The molecule has 0 saturated carbocycles. The number of amides is 1. The van der Waals surface area contributed by atoms with Crippen molar-refractivity contribution in [2.75, 3.05) is 24.2 Å². The summed E-state index contributed by atoms with van der Waals surface area (Å²) in [5.74, 6) is -2.33. The zero-order valence-electron chi connectivity index (χ0n) is 18.0. The summed E-state index contributed by atoms with van der Waals surface area (Å²) in [6.45, 7) is -0.0106. The van der Waals surface area contributed by atoms with Crippen LogP contribution in [0.1, 0.15) is 34.3 Å². The molecule has 1 saturated heterocycles. The fraction of sp³-hybridized carbons (Fsp3) is 0.304. The van der Waals surface area contributed by atoms with Crippen LogP contribution in [-0.2, 0) is 10.0 Å². The van der Waals surface area contributed by atoms with Crippen LogP contribution in [0.4, 0.5) is 18.9 Å². The minimum Gasteiger partial charge on any atom is -0.320 e. The molecular weight excluding hydrogens is 487 g/mol. The lowest BCUT2D eigenvalue weighted by atomic mass is 9.99. The lowest BCUT2D eigenvalue weighted by molar-refractivity contribution is -0.107. The van der Waals surface area contributed by atoms with Crippen LogP contribution >= 0.6 is 11.3 Å². The van der Waals surface area contributed by atoms with E-state index in [1.165, 1.54) is 11.3 Å². The molecule has 0 bridgehead atoms. The maximum absolute atomic E-state index is 12.8. The first-order valence-electron chi connectivity index (χ1n) is 10.6. The Kier molecular flexibility index (Phi) is 7.06. The molecule has 180 valence electrons. The zero-order chi connectivity index (χ0) is 24.3. The number of alkyl halides is 3. The second-order valence-corrected chi connectivity index (χ2v) is 10.8. The van der Waals surface area contributed by atoms with Gasteiger partial charge in [-0.2, -0.15) is 13.2 Å². The Morgan fingerprint density at radius 1 is 1.06 bits per heavy atom. The quantitative estimate of drug-likeness (QED) is 0.500. The second-order valence-electron chi connectivity index (χ2n) is 7.98. The monoisotopic (exact) mass is 509 g/mol. The van der Waals surface area contributed by atoms with Crippen LogP contribution < -0.4 is 5.32 Å². The molecule has 2 aromatic carbocycles. The largest absolute Gasteiger partial charge is 0.404 e. The number of thiazole rings is 1. The van der Waals surface area contributed by atoms with Crippen LogP contribution in [0.15, 0.2) is 60.0 Å². The number of hydrogen-bond donors (Lipinski definition) is 1. The molecule has 6 nitrogen and oxygen atoms in total. The second kappa shape index (κ2) is 9.85. The van der Waals surface area contributed by atoms with Gasteiger partial charge in [-0.05, 0) is 24.5 Å². The summed E-state index contributed by atoms with van der Waals surface area (Å²) in [5.41, 5.74) is 2.73.